The minimum Gasteiger partial charge on any atom is -0.479 e. The highest BCUT2D eigenvalue weighted by Crippen LogP contribution is 2.21. The summed E-state index contributed by atoms with van der Waals surface area (Å²) in [6, 6.07) is 2.77. The first-order chi connectivity index (χ1) is 6.92. The van der Waals surface area contributed by atoms with Crippen LogP contribution in [-0.2, 0) is 0 Å². The van der Waals surface area contributed by atoms with Crippen LogP contribution >= 0.6 is 0 Å². The molecule has 7 heteroatoms. The van der Waals surface area contributed by atoms with Gasteiger partial charge >= 0.3 is 6.18 Å². The number of hydrogen-bond acceptors (Lipinski definition) is 4. The van der Waals surface area contributed by atoms with E-state index in [0.717, 1.165) is 0 Å². The molecule has 1 heterocycles. The van der Waals surface area contributed by atoms with Crippen LogP contribution < -0.4 is 15.8 Å². The molecule has 0 saturated heterocycles. The Bertz CT molecular complexity index is 340. The minimum absolute atomic E-state index is 0.0679. The van der Waals surface area contributed by atoms with Crippen LogP contribution in [0.1, 0.15) is 0 Å². The number of nitrogens with two attached hydrogens (primary N) is 1. The van der Waals surface area contributed by atoms with E-state index in [4.69, 9.17) is 10.5 Å². The van der Waals surface area contributed by atoms with Crippen molar-refractivity contribution in [2.75, 3.05) is 24.7 Å². The molecular weight excluding hydrogens is 211 g/mol. The Morgan fingerprint density at radius 2 is 2.13 bits per heavy atom. The second kappa shape index (κ2) is 4.24. The number of aromatic nitrogens is 1. The van der Waals surface area contributed by atoms with Crippen molar-refractivity contribution in [3.63, 3.8) is 0 Å². The van der Waals surface area contributed by atoms with Gasteiger partial charge in [0.15, 0.2) is 0 Å². The summed E-state index contributed by atoms with van der Waals surface area (Å²) in [6.45, 7) is -1.15. The van der Waals surface area contributed by atoms with Crippen molar-refractivity contribution in [1.29, 1.82) is 0 Å². The molecule has 0 amide bonds. The number of anilines is 2. The summed E-state index contributed by atoms with van der Waals surface area (Å²) < 4.78 is 40.3. The average molecular weight is 221 g/mol. The van der Waals surface area contributed by atoms with E-state index in [9.17, 15) is 13.2 Å². The van der Waals surface area contributed by atoms with Gasteiger partial charge in [0.1, 0.15) is 12.4 Å². The van der Waals surface area contributed by atoms with Gasteiger partial charge in [0.2, 0.25) is 5.88 Å². The molecule has 1 rings (SSSR count). The smallest absolute Gasteiger partial charge is 0.405 e. The number of nitrogen functional groups attached to an aromatic ring is 1. The van der Waals surface area contributed by atoms with E-state index in [1.165, 1.54) is 19.2 Å². The van der Waals surface area contributed by atoms with Crippen LogP contribution in [0.3, 0.4) is 0 Å². The van der Waals surface area contributed by atoms with Crippen LogP contribution in [0.25, 0.3) is 0 Å². The number of alkyl halides is 3. The Kier molecular flexibility index (Phi) is 3.23. The maximum absolute atomic E-state index is 11.9. The topological polar surface area (TPSA) is 60.2 Å². The number of hydrogen-bond donors (Lipinski definition) is 2. The molecule has 0 aliphatic rings. The lowest BCUT2D eigenvalue weighted by molar-refractivity contribution is -0.115. The van der Waals surface area contributed by atoms with Crippen LogP contribution in [-0.4, -0.2) is 24.8 Å². The third-order valence-corrected chi connectivity index (χ3v) is 1.55. The third kappa shape index (κ3) is 3.53. The molecule has 84 valence electrons. The van der Waals surface area contributed by atoms with Crippen LogP contribution in [0.5, 0.6) is 5.88 Å². The van der Waals surface area contributed by atoms with Crippen molar-refractivity contribution in [2.24, 2.45) is 0 Å². The Morgan fingerprint density at radius 3 is 2.67 bits per heavy atom. The zero-order chi connectivity index (χ0) is 11.5. The first kappa shape index (κ1) is 11.4. The molecule has 0 aromatic carbocycles. The zero-order valence-electron chi connectivity index (χ0n) is 7.93. The van der Waals surface area contributed by atoms with E-state index in [2.05, 4.69) is 10.3 Å². The Hall–Kier alpha value is -1.66. The number of halogens is 3. The van der Waals surface area contributed by atoms with Crippen molar-refractivity contribution < 1.29 is 17.9 Å². The number of rotatable bonds is 3. The van der Waals surface area contributed by atoms with Crippen molar-refractivity contribution in [1.82, 2.24) is 4.98 Å². The van der Waals surface area contributed by atoms with Crippen molar-refractivity contribution in [2.45, 2.75) is 6.18 Å². The average Bonchev–Trinajstić information content (AvgIpc) is 2.15. The number of nitrogens with one attached hydrogen (secondary N) is 1. The second-order valence-electron chi connectivity index (χ2n) is 2.76. The molecule has 4 nitrogen and oxygen atoms in total. The predicted octanol–water partition coefficient (Wildman–Crippen LogP) is 1.65. The van der Waals surface area contributed by atoms with E-state index >= 15 is 0 Å². The van der Waals surface area contributed by atoms with E-state index in [1.54, 1.807) is 0 Å². The maximum Gasteiger partial charge on any atom is 0.405 e. The summed E-state index contributed by atoms with van der Waals surface area (Å²) in [7, 11) is 1.34. The number of nitrogens with zero attached hydrogens (tertiary/aromatic N) is 1. The van der Waals surface area contributed by atoms with Gasteiger partial charge in [-0.25, -0.2) is 0 Å². The zero-order valence-corrected chi connectivity index (χ0v) is 7.93. The lowest BCUT2D eigenvalue weighted by Crippen LogP contribution is -2.21. The van der Waals surface area contributed by atoms with Crippen LogP contribution in [0.4, 0.5) is 24.7 Å². The summed E-state index contributed by atoms with van der Waals surface area (Å²) in [5, 5.41) is 2.11. The highest BCUT2D eigenvalue weighted by molar-refractivity contribution is 5.53. The molecule has 0 radical (unpaired) electrons. The summed E-state index contributed by atoms with van der Waals surface area (Å²) in [4.78, 5) is 3.74. The maximum atomic E-state index is 11.9. The van der Waals surface area contributed by atoms with E-state index in [0.29, 0.717) is 0 Å². The van der Waals surface area contributed by atoms with Gasteiger partial charge in [-0.1, -0.05) is 0 Å². The Labute approximate surface area is 84.2 Å². The molecule has 0 aliphatic heterocycles. The number of methoxy groups -OCH3 is 1. The molecule has 1 aromatic heterocycles. The number of ether oxygens (including phenoxy) is 1. The molecule has 0 unspecified atom stereocenters. The standard InChI is InChI=1S/C8H10F3N3O/c1-15-7-5(12)2-3-6(14-7)13-4-8(9,10)11/h2-3H,4,12H2,1H3,(H,13,14). The molecule has 0 aliphatic carbocycles. The molecule has 0 fully saturated rings. The van der Waals surface area contributed by atoms with Crippen molar-refractivity contribution >= 4 is 11.5 Å². The predicted molar refractivity (Wildman–Crippen MR) is 49.7 cm³/mol. The first-order valence-corrected chi connectivity index (χ1v) is 4.03. The molecular formula is C8H10F3N3O. The van der Waals surface area contributed by atoms with Crippen LogP contribution in [0, 0.1) is 0 Å². The molecule has 0 spiro atoms. The normalized spacial score (nSPS) is 11.2. The molecule has 0 bridgehead atoms. The quantitative estimate of drug-likeness (QED) is 0.814. The largest absolute Gasteiger partial charge is 0.479 e. The Balaban J connectivity index is 2.70. The van der Waals surface area contributed by atoms with E-state index < -0.39 is 12.7 Å². The van der Waals surface area contributed by atoms with Gasteiger partial charge in [-0.2, -0.15) is 18.2 Å². The Morgan fingerprint density at radius 1 is 1.47 bits per heavy atom. The SMILES string of the molecule is COc1nc(NCC(F)(F)F)ccc1N. The molecule has 1 aromatic rings. The molecule has 3 N–H and O–H groups in total. The summed E-state index contributed by atoms with van der Waals surface area (Å²) in [5.41, 5.74) is 5.72. The first-order valence-electron chi connectivity index (χ1n) is 4.03. The second-order valence-corrected chi connectivity index (χ2v) is 2.76. The van der Waals surface area contributed by atoms with Gasteiger partial charge in [-0.3, -0.25) is 0 Å². The lowest BCUT2D eigenvalue weighted by atomic mass is 10.4. The fourth-order valence-electron chi connectivity index (χ4n) is 0.904. The third-order valence-electron chi connectivity index (χ3n) is 1.55. The summed E-state index contributed by atoms with van der Waals surface area (Å²) >= 11 is 0. The molecule has 0 saturated carbocycles. The van der Waals surface area contributed by atoms with Gasteiger partial charge in [0, 0.05) is 0 Å². The van der Waals surface area contributed by atoms with E-state index in [-0.39, 0.29) is 17.4 Å². The van der Waals surface area contributed by atoms with E-state index in [1.807, 2.05) is 0 Å². The molecule has 0 atom stereocenters. The molecule has 15 heavy (non-hydrogen) atoms. The number of pyridine rings is 1. The van der Waals surface area contributed by atoms with Crippen molar-refractivity contribution in [3.05, 3.63) is 12.1 Å². The minimum atomic E-state index is -4.28. The van der Waals surface area contributed by atoms with Gasteiger partial charge < -0.3 is 15.8 Å². The fourth-order valence-corrected chi connectivity index (χ4v) is 0.904. The van der Waals surface area contributed by atoms with Crippen molar-refractivity contribution in [3.8, 4) is 5.88 Å². The van der Waals surface area contributed by atoms with Gasteiger partial charge in [-0.15, -0.1) is 0 Å². The highest BCUT2D eigenvalue weighted by Gasteiger charge is 2.26. The summed E-state index contributed by atoms with van der Waals surface area (Å²) in [5.74, 6) is 0.167. The van der Waals surface area contributed by atoms with Crippen LogP contribution in [0.15, 0.2) is 12.1 Å². The summed E-state index contributed by atoms with van der Waals surface area (Å²) in [6.07, 6.45) is -4.28. The fraction of sp³-hybridized carbons (Fsp3) is 0.375. The van der Waals surface area contributed by atoms with Gasteiger partial charge in [-0.05, 0) is 12.1 Å². The van der Waals surface area contributed by atoms with Crippen LogP contribution in [0.2, 0.25) is 0 Å². The highest BCUT2D eigenvalue weighted by atomic mass is 19.4. The van der Waals surface area contributed by atoms with Gasteiger partial charge in [0.05, 0.1) is 12.8 Å². The monoisotopic (exact) mass is 221 g/mol. The van der Waals surface area contributed by atoms with Gasteiger partial charge in [0.25, 0.3) is 0 Å². The lowest BCUT2D eigenvalue weighted by Gasteiger charge is -2.10.